The average Bonchev–Trinajstić information content (AvgIpc) is 2.59. The first-order valence-corrected chi connectivity index (χ1v) is 7.86. The van der Waals surface area contributed by atoms with E-state index in [0.29, 0.717) is 32.6 Å². The van der Waals surface area contributed by atoms with Crippen LogP contribution in [-0.4, -0.2) is 84.7 Å². The van der Waals surface area contributed by atoms with E-state index in [-0.39, 0.29) is 5.91 Å². The molecule has 0 aromatic carbocycles. The third-order valence-electron chi connectivity index (χ3n) is 4.35. The Bertz CT molecular complexity index is 327. The number of carbonyl (C=O) groups is 1. The highest BCUT2D eigenvalue weighted by atomic mass is 16.3. The maximum atomic E-state index is 12.4. The molecule has 0 bridgehead atoms. The van der Waals surface area contributed by atoms with Gasteiger partial charge in [0.25, 0.3) is 0 Å². The Hall–Kier alpha value is -0.650. The zero-order chi connectivity index (χ0) is 14.6. The molecule has 2 aliphatic heterocycles. The molecule has 0 aromatic heterocycles. The highest BCUT2D eigenvalue weighted by molar-refractivity contribution is 5.78. The number of rotatable bonds is 4. The van der Waals surface area contributed by atoms with Crippen molar-refractivity contribution in [3.63, 3.8) is 0 Å². The van der Waals surface area contributed by atoms with Crippen LogP contribution < -0.4 is 0 Å². The van der Waals surface area contributed by atoms with Crippen LogP contribution in [-0.2, 0) is 4.79 Å². The van der Waals surface area contributed by atoms with Crippen LogP contribution in [0.1, 0.15) is 32.1 Å². The minimum Gasteiger partial charge on any atom is -0.387 e. The first-order chi connectivity index (χ1) is 9.48. The highest BCUT2D eigenvalue weighted by Crippen LogP contribution is 2.22. The largest absolute Gasteiger partial charge is 0.387 e. The molecule has 2 fully saturated rings. The van der Waals surface area contributed by atoms with Crippen molar-refractivity contribution in [2.75, 3.05) is 53.4 Å². The summed E-state index contributed by atoms with van der Waals surface area (Å²) in [4.78, 5) is 18.5. The summed E-state index contributed by atoms with van der Waals surface area (Å²) >= 11 is 0. The van der Waals surface area contributed by atoms with Crippen molar-refractivity contribution in [3.8, 4) is 0 Å². The lowest BCUT2D eigenvalue weighted by atomic mass is 10.0. The van der Waals surface area contributed by atoms with Gasteiger partial charge in [0.2, 0.25) is 5.91 Å². The molecule has 116 valence electrons. The highest BCUT2D eigenvalue weighted by Gasteiger charge is 2.38. The summed E-state index contributed by atoms with van der Waals surface area (Å²) in [5.74, 6) is 0.182. The molecule has 5 nitrogen and oxygen atoms in total. The van der Waals surface area contributed by atoms with E-state index in [2.05, 4.69) is 4.90 Å². The van der Waals surface area contributed by atoms with Gasteiger partial charge in [-0.2, -0.15) is 0 Å². The molecule has 2 rings (SSSR count). The lowest BCUT2D eigenvalue weighted by molar-refractivity contribution is -0.132. The van der Waals surface area contributed by atoms with Gasteiger partial charge in [-0.05, 0) is 46.4 Å². The predicted octanol–water partition coefficient (Wildman–Crippen LogP) is 0.387. The molecule has 20 heavy (non-hydrogen) atoms. The minimum atomic E-state index is -0.724. The van der Waals surface area contributed by atoms with E-state index in [1.807, 2.05) is 23.9 Å². The number of carbonyl (C=O) groups excluding carboxylic acids is 1. The van der Waals surface area contributed by atoms with Crippen molar-refractivity contribution < 1.29 is 9.90 Å². The van der Waals surface area contributed by atoms with Crippen LogP contribution in [0.25, 0.3) is 0 Å². The van der Waals surface area contributed by atoms with E-state index < -0.39 is 5.60 Å². The number of amides is 1. The fourth-order valence-electron chi connectivity index (χ4n) is 3.37. The maximum absolute atomic E-state index is 12.4. The fraction of sp³-hybridized carbons (Fsp3) is 0.933. The molecule has 0 saturated carbocycles. The molecule has 1 atom stereocenters. The van der Waals surface area contributed by atoms with Crippen LogP contribution in [0.5, 0.6) is 0 Å². The van der Waals surface area contributed by atoms with Crippen LogP contribution >= 0.6 is 0 Å². The van der Waals surface area contributed by atoms with Crippen molar-refractivity contribution in [2.45, 2.75) is 37.7 Å². The predicted molar refractivity (Wildman–Crippen MR) is 79.6 cm³/mol. The molecule has 0 aromatic rings. The Balaban J connectivity index is 1.81. The van der Waals surface area contributed by atoms with Crippen LogP contribution in [0, 0.1) is 0 Å². The molecular formula is C15H29N3O2. The second-order valence-electron chi connectivity index (χ2n) is 6.72. The van der Waals surface area contributed by atoms with Crippen molar-refractivity contribution in [2.24, 2.45) is 0 Å². The van der Waals surface area contributed by atoms with E-state index in [9.17, 15) is 9.90 Å². The standard InChI is InChI=1S/C15H29N3O2/c1-16(2)12-15(20)7-10-18(13-15)14(19)11-17-8-5-3-4-6-9-17/h20H,3-13H2,1-2H3. The lowest BCUT2D eigenvalue weighted by Crippen LogP contribution is -2.45. The zero-order valence-corrected chi connectivity index (χ0v) is 13.0. The van der Waals surface area contributed by atoms with E-state index in [1.54, 1.807) is 0 Å². The summed E-state index contributed by atoms with van der Waals surface area (Å²) in [7, 11) is 3.92. The second-order valence-corrected chi connectivity index (χ2v) is 6.72. The summed E-state index contributed by atoms with van der Waals surface area (Å²) in [6, 6.07) is 0. The summed E-state index contributed by atoms with van der Waals surface area (Å²) in [6.07, 6.45) is 5.68. The Kier molecular flexibility index (Phi) is 5.41. The molecule has 1 N–H and O–H groups in total. The Labute approximate surface area is 122 Å². The SMILES string of the molecule is CN(C)CC1(O)CCN(C(=O)CN2CCCCCC2)C1. The van der Waals surface area contributed by atoms with E-state index in [1.165, 1.54) is 25.7 Å². The number of β-amino-alcohol motifs (C(OH)–C–C–N with tert-alkyl or cyclic N) is 1. The quantitative estimate of drug-likeness (QED) is 0.811. The summed E-state index contributed by atoms with van der Waals surface area (Å²) in [5, 5.41) is 10.5. The third kappa shape index (κ3) is 4.43. The first-order valence-electron chi connectivity index (χ1n) is 7.86. The van der Waals surface area contributed by atoms with Crippen molar-refractivity contribution in [3.05, 3.63) is 0 Å². The second kappa shape index (κ2) is 6.87. The van der Waals surface area contributed by atoms with Gasteiger partial charge in [0.15, 0.2) is 0 Å². The normalized spacial score (nSPS) is 28.9. The van der Waals surface area contributed by atoms with Crippen LogP contribution in [0.2, 0.25) is 0 Å². The Morgan fingerprint density at radius 1 is 1.15 bits per heavy atom. The topological polar surface area (TPSA) is 47.0 Å². The Morgan fingerprint density at radius 3 is 2.40 bits per heavy atom. The van der Waals surface area contributed by atoms with Crippen molar-refractivity contribution in [1.29, 1.82) is 0 Å². The Morgan fingerprint density at radius 2 is 1.80 bits per heavy atom. The zero-order valence-electron chi connectivity index (χ0n) is 13.0. The van der Waals surface area contributed by atoms with Gasteiger partial charge in [-0.15, -0.1) is 0 Å². The number of nitrogens with zero attached hydrogens (tertiary/aromatic N) is 3. The van der Waals surface area contributed by atoms with E-state index in [4.69, 9.17) is 0 Å². The molecule has 1 amide bonds. The van der Waals surface area contributed by atoms with Gasteiger partial charge >= 0.3 is 0 Å². The monoisotopic (exact) mass is 283 g/mol. The number of hydrogen-bond donors (Lipinski definition) is 1. The smallest absolute Gasteiger partial charge is 0.236 e. The van der Waals surface area contributed by atoms with Gasteiger partial charge in [-0.25, -0.2) is 0 Å². The number of hydrogen-bond acceptors (Lipinski definition) is 4. The molecule has 2 aliphatic rings. The van der Waals surface area contributed by atoms with Crippen molar-refractivity contribution in [1.82, 2.24) is 14.7 Å². The summed E-state index contributed by atoms with van der Waals surface area (Å²) < 4.78 is 0. The van der Waals surface area contributed by atoms with Crippen LogP contribution in [0.4, 0.5) is 0 Å². The molecule has 5 heteroatoms. The first kappa shape index (κ1) is 15.7. The fourth-order valence-corrected chi connectivity index (χ4v) is 3.37. The molecule has 1 unspecified atom stereocenters. The van der Waals surface area contributed by atoms with Crippen molar-refractivity contribution >= 4 is 5.91 Å². The average molecular weight is 283 g/mol. The number of likely N-dealkylation sites (tertiary alicyclic amines) is 2. The van der Waals surface area contributed by atoms with Gasteiger partial charge in [0, 0.05) is 13.1 Å². The van der Waals surface area contributed by atoms with Crippen LogP contribution in [0.3, 0.4) is 0 Å². The van der Waals surface area contributed by atoms with Gasteiger partial charge in [0.05, 0.1) is 18.7 Å². The molecular weight excluding hydrogens is 254 g/mol. The van der Waals surface area contributed by atoms with Gasteiger partial charge in [-0.3, -0.25) is 9.69 Å². The molecule has 0 aliphatic carbocycles. The van der Waals surface area contributed by atoms with Gasteiger partial charge in [0.1, 0.15) is 0 Å². The minimum absolute atomic E-state index is 0.182. The summed E-state index contributed by atoms with van der Waals surface area (Å²) in [5.41, 5.74) is -0.724. The lowest BCUT2D eigenvalue weighted by Gasteiger charge is -2.27. The molecule has 0 spiro atoms. The molecule has 2 heterocycles. The van der Waals surface area contributed by atoms with Gasteiger partial charge in [-0.1, -0.05) is 12.8 Å². The van der Waals surface area contributed by atoms with Gasteiger partial charge < -0.3 is 14.9 Å². The van der Waals surface area contributed by atoms with Crippen LogP contribution in [0.15, 0.2) is 0 Å². The third-order valence-corrected chi connectivity index (χ3v) is 4.35. The summed E-state index contributed by atoms with van der Waals surface area (Å²) in [6.45, 7) is 4.41. The number of aliphatic hydroxyl groups is 1. The number of likely N-dealkylation sites (N-methyl/N-ethyl adjacent to an activating group) is 1. The molecule has 0 radical (unpaired) electrons. The maximum Gasteiger partial charge on any atom is 0.236 e. The van der Waals surface area contributed by atoms with E-state index >= 15 is 0 Å². The van der Waals surface area contributed by atoms with E-state index in [0.717, 1.165) is 13.1 Å². The molecule has 2 saturated heterocycles.